The van der Waals surface area contributed by atoms with Gasteiger partial charge in [0.1, 0.15) is 0 Å². The van der Waals surface area contributed by atoms with E-state index in [1.165, 1.54) is 16.7 Å². The van der Waals surface area contributed by atoms with Crippen LogP contribution in [0.15, 0.2) is 88.9 Å². The van der Waals surface area contributed by atoms with Crippen molar-refractivity contribution < 1.29 is 9.59 Å². The van der Waals surface area contributed by atoms with Crippen LogP contribution in [0.1, 0.15) is 12.0 Å². The topological polar surface area (TPSA) is 65.5 Å². The smallest absolute Gasteiger partial charge is 0.247 e. The first-order valence-electron chi connectivity index (χ1n) is 10.1. The van der Waals surface area contributed by atoms with Crippen LogP contribution in [0.3, 0.4) is 0 Å². The van der Waals surface area contributed by atoms with Crippen molar-refractivity contribution in [3.63, 3.8) is 0 Å². The second-order valence-corrected chi connectivity index (χ2v) is 9.14. The van der Waals surface area contributed by atoms with E-state index < -0.39 is 5.25 Å². The van der Waals surface area contributed by atoms with Gasteiger partial charge in [-0.2, -0.15) is 0 Å². The van der Waals surface area contributed by atoms with Gasteiger partial charge < -0.3 is 4.98 Å². The van der Waals surface area contributed by atoms with Gasteiger partial charge in [0, 0.05) is 34.3 Å². The lowest BCUT2D eigenvalue weighted by molar-refractivity contribution is -0.121. The number of rotatable bonds is 5. The number of aromatic nitrogens is 1. The second kappa shape index (κ2) is 8.65. The summed E-state index contributed by atoms with van der Waals surface area (Å²) in [6, 6.07) is 22.6. The first kappa shape index (κ1) is 20.5. The SMILES string of the molecule is O=C1CC(Sc2ccc(N=Cc3ccc(Cl)cc3)cc2)C(=O)N1c1ccc2cc[nH]c2c1. The summed E-state index contributed by atoms with van der Waals surface area (Å²) in [6.45, 7) is 0. The molecule has 0 bridgehead atoms. The van der Waals surface area contributed by atoms with Crippen LogP contribution in [0.4, 0.5) is 11.4 Å². The summed E-state index contributed by atoms with van der Waals surface area (Å²) in [5, 5.41) is 1.29. The fourth-order valence-corrected chi connectivity index (χ4v) is 4.80. The van der Waals surface area contributed by atoms with E-state index in [4.69, 9.17) is 11.6 Å². The second-order valence-electron chi connectivity index (χ2n) is 7.43. The van der Waals surface area contributed by atoms with Crippen LogP contribution in [0, 0.1) is 0 Å². The highest BCUT2D eigenvalue weighted by atomic mass is 35.5. The zero-order valence-corrected chi connectivity index (χ0v) is 18.4. The Kier molecular flexibility index (Phi) is 5.55. The molecule has 0 spiro atoms. The zero-order chi connectivity index (χ0) is 22.1. The molecule has 7 heteroatoms. The molecular formula is C25H18ClN3O2S. The quantitative estimate of drug-likeness (QED) is 0.294. The Morgan fingerprint density at radius 2 is 1.78 bits per heavy atom. The summed E-state index contributed by atoms with van der Waals surface area (Å²) >= 11 is 7.31. The maximum Gasteiger partial charge on any atom is 0.247 e. The van der Waals surface area contributed by atoms with Gasteiger partial charge >= 0.3 is 0 Å². The van der Waals surface area contributed by atoms with Gasteiger partial charge in [-0.1, -0.05) is 29.8 Å². The van der Waals surface area contributed by atoms with Gasteiger partial charge in [-0.15, -0.1) is 11.8 Å². The Hall–Kier alpha value is -3.35. The molecule has 158 valence electrons. The highest BCUT2D eigenvalue weighted by molar-refractivity contribution is 8.00. The summed E-state index contributed by atoms with van der Waals surface area (Å²) < 4.78 is 0. The summed E-state index contributed by atoms with van der Waals surface area (Å²) in [6.07, 6.45) is 3.79. The van der Waals surface area contributed by atoms with Crippen LogP contribution in [-0.2, 0) is 9.59 Å². The van der Waals surface area contributed by atoms with Crippen LogP contribution in [0.2, 0.25) is 5.02 Å². The van der Waals surface area contributed by atoms with Crippen molar-refractivity contribution in [1.29, 1.82) is 0 Å². The fourth-order valence-electron chi connectivity index (χ4n) is 3.62. The number of carbonyl (C=O) groups is 2. The average molecular weight is 460 g/mol. The minimum atomic E-state index is -0.440. The van der Waals surface area contributed by atoms with E-state index in [1.54, 1.807) is 6.21 Å². The van der Waals surface area contributed by atoms with E-state index >= 15 is 0 Å². The molecular weight excluding hydrogens is 442 g/mol. The number of aliphatic imine (C=N–C) groups is 1. The number of anilines is 1. The number of hydrogen-bond acceptors (Lipinski definition) is 4. The molecule has 1 unspecified atom stereocenters. The maximum atomic E-state index is 13.0. The number of halogens is 1. The summed E-state index contributed by atoms with van der Waals surface area (Å²) in [7, 11) is 0. The van der Waals surface area contributed by atoms with E-state index in [0.717, 1.165) is 27.0 Å². The van der Waals surface area contributed by atoms with Crippen molar-refractivity contribution in [2.24, 2.45) is 4.99 Å². The number of fused-ring (bicyclic) bond motifs is 1. The van der Waals surface area contributed by atoms with Crippen molar-refractivity contribution in [3.05, 3.63) is 89.6 Å². The third-order valence-electron chi connectivity index (χ3n) is 5.25. The third-order valence-corrected chi connectivity index (χ3v) is 6.70. The number of benzene rings is 3. The number of H-pyrrole nitrogens is 1. The molecule has 2 heterocycles. The summed E-state index contributed by atoms with van der Waals surface area (Å²) in [5.74, 6) is -0.363. The molecule has 5 rings (SSSR count). The molecule has 1 saturated heterocycles. The van der Waals surface area contributed by atoms with Crippen molar-refractivity contribution >= 4 is 63.7 Å². The van der Waals surface area contributed by atoms with E-state index in [0.29, 0.717) is 10.7 Å². The lowest BCUT2D eigenvalue weighted by Crippen LogP contribution is -2.31. The number of amides is 2. The largest absolute Gasteiger partial charge is 0.361 e. The molecule has 5 nitrogen and oxygen atoms in total. The van der Waals surface area contributed by atoms with Crippen molar-refractivity contribution in [2.45, 2.75) is 16.6 Å². The number of hydrogen-bond donors (Lipinski definition) is 1. The van der Waals surface area contributed by atoms with Crippen LogP contribution >= 0.6 is 23.4 Å². The highest BCUT2D eigenvalue weighted by Gasteiger charge is 2.40. The average Bonchev–Trinajstić information content (AvgIpc) is 3.37. The number of aromatic amines is 1. The summed E-state index contributed by atoms with van der Waals surface area (Å²) in [4.78, 5) is 35.4. The normalized spacial score (nSPS) is 16.5. The molecule has 1 fully saturated rings. The minimum Gasteiger partial charge on any atom is -0.361 e. The highest BCUT2D eigenvalue weighted by Crippen LogP contribution is 2.35. The Bertz CT molecular complexity index is 1330. The van der Waals surface area contributed by atoms with E-state index in [-0.39, 0.29) is 18.2 Å². The van der Waals surface area contributed by atoms with Gasteiger partial charge in [-0.25, -0.2) is 4.90 Å². The van der Waals surface area contributed by atoms with Gasteiger partial charge in [0.2, 0.25) is 11.8 Å². The molecule has 4 aromatic rings. The molecule has 3 aromatic carbocycles. The molecule has 0 radical (unpaired) electrons. The Morgan fingerprint density at radius 1 is 1.00 bits per heavy atom. The van der Waals surface area contributed by atoms with Gasteiger partial charge in [-0.3, -0.25) is 14.6 Å². The fraction of sp³-hybridized carbons (Fsp3) is 0.0800. The molecule has 1 aliphatic rings. The Morgan fingerprint density at radius 3 is 2.56 bits per heavy atom. The Labute approximate surface area is 194 Å². The first-order valence-corrected chi connectivity index (χ1v) is 11.3. The monoisotopic (exact) mass is 459 g/mol. The van der Waals surface area contributed by atoms with Gasteiger partial charge in [-0.05, 0) is 65.5 Å². The molecule has 0 aliphatic carbocycles. The van der Waals surface area contributed by atoms with Gasteiger partial charge in [0.25, 0.3) is 0 Å². The molecule has 1 atom stereocenters. The van der Waals surface area contributed by atoms with Crippen LogP contribution in [0.5, 0.6) is 0 Å². The molecule has 1 N–H and O–H groups in total. The van der Waals surface area contributed by atoms with Crippen LogP contribution in [0.25, 0.3) is 10.9 Å². The first-order chi connectivity index (χ1) is 15.6. The summed E-state index contributed by atoms with van der Waals surface area (Å²) in [5.41, 5.74) is 3.26. The van der Waals surface area contributed by atoms with Crippen molar-refractivity contribution in [2.75, 3.05) is 4.90 Å². The number of imide groups is 1. The lowest BCUT2D eigenvalue weighted by Gasteiger charge is -2.15. The van der Waals surface area contributed by atoms with E-state index in [1.807, 2.05) is 79.0 Å². The Balaban J connectivity index is 1.27. The maximum absolute atomic E-state index is 13.0. The molecule has 1 aromatic heterocycles. The van der Waals surface area contributed by atoms with Crippen molar-refractivity contribution in [3.8, 4) is 0 Å². The third kappa shape index (κ3) is 4.20. The van der Waals surface area contributed by atoms with Crippen LogP contribution in [-0.4, -0.2) is 28.3 Å². The minimum absolute atomic E-state index is 0.178. The van der Waals surface area contributed by atoms with Crippen molar-refractivity contribution in [1.82, 2.24) is 4.98 Å². The predicted molar refractivity (Wildman–Crippen MR) is 130 cm³/mol. The number of nitrogens with one attached hydrogen (secondary N) is 1. The van der Waals surface area contributed by atoms with E-state index in [9.17, 15) is 9.59 Å². The van der Waals surface area contributed by atoms with Gasteiger partial charge in [0.15, 0.2) is 0 Å². The molecule has 1 aliphatic heterocycles. The van der Waals surface area contributed by atoms with Gasteiger partial charge in [0.05, 0.1) is 16.6 Å². The number of thioether (sulfide) groups is 1. The molecule has 0 saturated carbocycles. The number of nitrogens with zero attached hydrogens (tertiary/aromatic N) is 2. The molecule has 2 amide bonds. The molecule has 32 heavy (non-hydrogen) atoms. The van der Waals surface area contributed by atoms with E-state index in [2.05, 4.69) is 9.98 Å². The number of carbonyl (C=O) groups excluding carboxylic acids is 2. The van der Waals surface area contributed by atoms with Crippen LogP contribution < -0.4 is 4.90 Å². The lowest BCUT2D eigenvalue weighted by atomic mass is 10.2. The standard InChI is InChI=1S/C25H18ClN3O2S/c26-18-4-1-16(2-5-18)15-28-19-6-9-21(10-7-19)32-23-14-24(30)29(25(23)31)20-8-3-17-11-12-27-22(17)13-20/h1-13,15,23,27H,14H2. The predicted octanol–water partition coefficient (Wildman–Crippen LogP) is 6.00. The zero-order valence-electron chi connectivity index (χ0n) is 16.9.